The van der Waals surface area contributed by atoms with Crippen molar-refractivity contribution in [2.75, 3.05) is 13.2 Å². The quantitative estimate of drug-likeness (QED) is 0.707. The lowest BCUT2D eigenvalue weighted by Crippen LogP contribution is -2.30. The van der Waals surface area contributed by atoms with Crippen molar-refractivity contribution < 1.29 is 9.53 Å². The molecule has 3 N–H and O–H groups in total. The Kier molecular flexibility index (Phi) is 6.97. The first-order valence-corrected chi connectivity index (χ1v) is 6.81. The Balaban J connectivity index is 2.26. The summed E-state index contributed by atoms with van der Waals surface area (Å²) in [6.07, 6.45) is 2.12. The van der Waals surface area contributed by atoms with Crippen molar-refractivity contribution in [2.45, 2.75) is 33.2 Å². The van der Waals surface area contributed by atoms with Crippen LogP contribution in [0.25, 0.3) is 0 Å². The predicted octanol–water partition coefficient (Wildman–Crippen LogP) is 2.08. The molecule has 0 bridgehead atoms. The van der Waals surface area contributed by atoms with E-state index in [-0.39, 0.29) is 12.5 Å². The van der Waals surface area contributed by atoms with E-state index in [4.69, 9.17) is 10.5 Å². The summed E-state index contributed by atoms with van der Waals surface area (Å²) in [6, 6.07) is 7.50. The highest BCUT2D eigenvalue weighted by Crippen LogP contribution is 2.16. The monoisotopic (exact) mass is 264 g/mol. The molecule has 0 radical (unpaired) electrons. The van der Waals surface area contributed by atoms with Crippen LogP contribution in [-0.2, 0) is 11.3 Å². The predicted molar refractivity (Wildman–Crippen MR) is 76.9 cm³/mol. The van der Waals surface area contributed by atoms with E-state index >= 15 is 0 Å². The molecule has 1 aromatic rings. The molecule has 4 heteroatoms. The van der Waals surface area contributed by atoms with Crippen LogP contribution in [0.2, 0.25) is 0 Å². The van der Waals surface area contributed by atoms with Crippen LogP contribution >= 0.6 is 0 Å². The molecule has 0 aromatic heterocycles. The molecule has 0 aliphatic rings. The van der Waals surface area contributed by atoms with Gasteiger partial charge in [-0.05, 0) is 24.8 Å². The molecule has 4 nitrogen and oxygen atoms in total. The molecule has 0 unspecified atom stereocenters. The number of ether oxygens (including phenoxy) is 1. The maximum atomic E-state index is 11.6. The lowest BCUT2D eigenvalue weighted by molar-refractivity contribution is -0.123. The first-order valence-electron chi connectivity index (χ1n) is 6.81. The largest absolute Gasteiger partial charge is 0.483 e. The van der Waals surface area contributed by atoms with Crippen LogP contribution in [0, 0.1) is 5.92 Å². The van der Waals surface area contributed by atoms with Gasteiger partial charge >= 0.3 is 0 Å². The van der Waals surface area contributed by atoms with Crippen molar-refractivity contribution >= 4 is 5.91 Å². The molecule has 0 spiro atoms. The third-order valence-electron chi connectivity index (χ3n) is 2.83. The first-order chi connectivity index (χ1) is 9.13. The van der Waals surface area contributed by atoms with Gasteiger partial charge in [0.1, 0.15) is 5.75 Å². The summed E-state index contributed by atoms with van der Waals surface area (Å²) in [7, 11) is 0. The second kappa shape index (κ2) is 8.53. The van der Waals surface area contributed by atoms with Crippen LogP contribution < -0.4 is 15.8 Å². The summed E-state index contributed by atoms with van der Waals surface area (Å²) in [5, 5.41) is 2.85. The number of nitrogens with two attached hydrogens (primary N) is 1. The van der Waals surface area contributed by atoms with E-state index in [0.29, 0.717) is 24.8 Å². The maximum absolute atomic E-state index is 11.6. The molecule has 0 atom stereocenters. The Bertz CT molecular complexity index is 391. The summed E-state index contributed by atoms with van der Waals surface area (Å²) in [5.41, 5.74) is 6.52. The molecule has 1 aromatic carbocycles. The zero-order valence-electron chi connectivity index (χ0n) is 11.8. The maximum Gasteiger partial charge on any atom is 0.257 e. The Morgan fingerprint density at radius 3 is 2.79 bits per heavy atom. The van der Waals surface area contributed by atoms with Crippen LogP contribution in [0.5, 0.6) is 5.75 Å². The van der Waals surface area contributed by atoms with Crippen molar-refractivity contribution in [3.8, 4) is 5.75 Å². The number of benzene rings is 1. The first kappa shape index (κ1) is 15.5. The van der Waals surface area contributed by atoms with Crippen molar-refractivity contribution in [1.82, 2.24) is 5.32 Å². The number of carbonyl (C=O) groups excluding carboxylic acids is 1. The van der Waals surface area contributed by atoms with Gasteiger partial charge in [0, 0.05) is 18.7 Å². The van der Waals surface area contributed by atoms with Crippen molar-refractivity contribution in [1.29, 1.82) is 0 Å². The Morgan fingerprint density at radius 1 is 1.37 bits per heavy atom. The summed E-state index contributed by atoms with van der Waals surface area (Å²) < 4.78 is 5.48. The summed E-state index contributed by atoms with van der Waals surface area (Å²) >= 11 is 0. The standard InChI is InChI=1S/C15H24N2O2/c1-12(2)6-5-9-17-15(18)11-19-14-8-4-3-7-13(14)10-16/h3-4,7-8,12H,5-6,9-11,16H2,1-2H3,(H,17,18). The zero-order chi connectivity index (χ0) is 14.1. The Morgan fingerprint density at radius 2 is 2.11 bits per heavy atom. The fourth-order valence-electron chi connectivity index (χ4n) is 1.75. The molecule has 0 aliphatic heterocycles. The van der Waals surface area contributed by atoms with E-state index in [1.165, 1.54) is 0 Å². The number of nitrogens with one attached hydrogen (secondary N) is 1. The minimum Gasteiger partial charge on any atom is -0.483 e. The molecule has 0 aliphatic carbocycles. The number of para-hydroxylation sites is 1. The van der Waals surface area contributed by atoms with E-state index in [1.807, 2.05) is 24.3 Å². The zero-order valence-corrected chi connectivity index (χ0v) is 11.8. The van der Waals surface area contributed by atoms with Crippen LogP contribution in [0.4, 0.5) is 0 Å². The molecule has 0 saturated heterocycles. The van der Waals surface area contributed by atoms with E-state index < -0.39 is 0 Å². The van der Waals surface area contributed by atoms with Gasteiger partial charge in [-0.25, -0.2) is 0 Å². The number of hydrogen-bond donors (Lipinski definition) is 2. The molecule has 106 valence electrons. The SMILES string of the molecule is CC(C)CCCNC(=O)COc1ccccc1CN. The fourth-order valence-corrected chi connectivity index (χ4v) is 1.75. The summed E-state index contributed by atoms with van der Waals surface area (Å²) in [5.74, 6) is 1.27. The highest BCUT2D eigenvalue weighted by atomic mass is 16.5. The number of carbonyl (C=O) groups is 1. The van der Waals surface area contributed by atoms with Gasteiger partial charge in [0.25, 0.3) is 5.91 Å². The lowest BCUT2D eigenvalue weighted by Gasteiger charge is -2.10. The highest BCUT2D eigenvalue weighted by Gasteiger charge is 2.05. The van der Waals surface area contributed by atoms with Crippen LogP contribution in [0.3, 0.4) is 0 Å². The molecule has 0 fully saturated rings. The fraction of sp³-hybridized carbons (Fsp3) is 0.533. The average molecular weight is 264 g/mol. The molecule has 1 amide bonds. The Hall–Kier alpha value is -1.55. The average Bonchev–Trinajstić information content (AvgIpc) is 2.41. The molecule has 19 heavy (non-hydrogen) atoms. The van der Waals surface area contributed by atoms with E-state index in [2.05, 4.69) is 19.2 Å². The molecular weight excluding hydrogens is 240 g/mol. The van der Waals surface area contributed by atoms with Crippen molar-refractivity contribution in [3.63, 3.8) is 0 Å². The highest BCUT2D eigenvalue weighted by molar-refractivity contribution is 5.77. The van der Waals surface area contributed by atoms with Crippen LogP contribution in [0.15, 0.2) is 24.3 Å². The van der Waals surface area contributed by atoms with Gasteiger partial charge in [-0.3, -0.25) is 4.79 Å². The number of amides is 1. The van der Waals surface area contributed by atoms with Gasteiger partial charge in [-0.15, -0.1) is 0 Å². The van der Waals surface area contributed by atoms with Gasteiger partial charge in [0.05, 0.1) is 0 Å². The summed E-state index contributed by atoms with van der Waals surface area (Å²) in [4.78, 5) is 11.6. The third-order valence-corrected chi connectivity index (χ3v) is 2.83. The third kappa shape index (κ3) is 6.25. The molecule has 0 heterocycles. The minimum absolute atomic E-state index is 0.0404. The van der Waals surface area contributed by atoms with E-state index in [0.717, 1.165) is 18.4 Å². The van der Waals surface area contributed by atoms with Gasteiger partial charge in [-0.2, -0.15) is 0 Å². The number of rotatable bonds is 8. The number of hydrogen-bond acceptors (Lipinski definition) is 3. The lowest BCUT2D eigenvalue weighted by atomic mass is 10.1. The Labute approximate surface area is 115 Å². The summed E-state index contributed by atoms with van der Waals surface area (Å²) in [6.45, 7) is 5.51. The topological polar surface area (TPSA) is 64.3 Å². The van der Waals surface area contributed by atoms with E-state index in [1.54, 1.807) is 0 Å². The van der Waals surface area contributed by atoms with Gasteiger partial charge in [-0.1, -0.05) is 32.0 Å². The van der Waals surface area contributed by atoms with Gasteiger partial charge in [0.15, 0.2) is 6.61 Å². The second-order valence-corrected chi connectivity index (χ2v) is 4.99. The molecule has 1 rings (SSSR count). The molecule has 0 saturated carbocycles. The van der Waals surface area contributed by atoms with Crippen molar-refractivity contribution in [3.05, 3.63) is 29.8 Å². The smallest absolute Gasteiger partial charge is 0.257 e. The van der Waals surface area contributed by atoms with Crippen LogP contribution in [0.1, 0.15) is 32.3 Å². The van der Waals surface area contributed by atoms with Crippen molar-refractivity contribution in [2.24, 2.45) is 11.7 Å². The van der Waals surface area contributed by atoms with Gasteiger partial charge < -0.3 is 15.8 Å². The van der Waals surface area contributed by atoms with Crippen LogP contribution in [-0.4, -0.2) is 19.1 Å². The second-order valence-electron chi connectivity index (χ2n) is 4.99. The van der Waals surface area contributed by atoms with E-state index in [9.17, 15) is 4.79 Å². The normalized spacial score (nSPS) is 10.5. The van der Waals surface area contributed by atoms with Gasteiger partial charge in [0.2, 0.25) is 0 Å². The minimum atomic E-state index is -0.0874. The molecular formula is C15H24N2O2.